The van der Waals surface area contributed by atoms with E-state index in [9.17, 15) is 14.4 Å². The van der Waals surface area contributed by atoms with Crippen molar-refractivity contribution in [3.8, 4) is 0 Å². The van der Waals surface area contributed by atoms with E-state index in [-0.39, 0.29) is 29.5 Å². The molecule has 9 heteroatoms. The van der Waals surface area contributed by atoms with Gasteiger partial charge in [0.05, 0.1) is 13.1 Å². The van der Waals surface area contributed by atoms with E-state index >= 15 is 0 Å². The van der Waals surface area contributed by atoms with Crippen LogP contribution in [0.15, 0.2) is 47.7 Å². The van der Waals surface area contributed by atoms with Crippen LogP contribution >= 0.6 is 0 Å². The van der Waals surface area contributed by atoms with Crippen molar-refractivity contribution in [1.82, 2.24) is 29.1 Å². The molecule has 0 N–H and O–H groups in total. The number of aryl methyl sites for hydroxylation is 1. The number of hydrogen-bond donors (Lipinski definition) is 0. The molecule has 1 aromatic carbocycles. The van der Waals surface area contributed by atoms with Crippen molar-refractivity contribution in [3.05, 3.63) is 81.3 Å². The lowest BCUT2D eigenvalue weighted by Crippen LogP contribution is -2.41. The number of hydrogen-bond acceptors (Lipinski definition) is 5. The fraction of sp³-hybridized carbons (Fsp3) is 0.348. The van der Waals surface area contributed by atoms with Gasteiger partial charge in [-0.1, -0.05) is 30.3 Å². The summed E-state index contributed by atoms with van der Waals surface area (Å²) in [6.45, 7) is 2.98. The van der Waals surface area contributed by atoms with Gasteiger partial charge in [-0.3, -0.25) is 14.4 Å². The van der Waals surface area contributed by atoms with Crippen LogP contribution in [0.25, 0.3) is 0 Å². The van der Waals surface area contributed by atoms with Crippen LogP contribution in [0.3, 0.4) is 0 Å². The van der Waals surface area contributed by atoms with Crippen LogP contribution in [-0.4, -0.2) is 54.5 Å². The highest BCUT2D eigenvalue weighted by molar-refractivity contribution is 5.95. The number of nitrogens with zero attached hydrogens (tertiary/aromatic N) is 6. The summed E-state index contributed by atoms with van der Waals surface area (Å²) in [5, 5.41) is 7.89. The molecule has 2 aromatic heterocycles. The maximum absolute atomic E-state index is 13.5. The van der Waals surface area contributed by atoms with E-state index in [2.05, 4.69) is 10.2 Å². The predicted octanol–water partition coefficient (Wildman–Crippen LogP) is 1.20. The number of aromatic nitrogens is 4. The highest BCUT2D eigenvalue weighted by atomic mass is 16.2. The topological polar surface area (TPSA) is 93.3 Å². The average molecular weight is 435 g/mol. The minimum Gasteiger partial charge on any atom is -0.338 e. The number of rotatable bonds is 5. The molecule has 4 rings (SSSR count). The molecule has 3 aromatic rings. The fourth-order valence-electron chi connectivity index (χ4n) is 4.02. The summed E-state index contributed by atoms with van der Waals surface area (Å²) in [6.07, 6.45) is 3.83. The number of carbonyl (C=O) groups is 2. The van der Waals surface area contributed by atoms with E-state index < -0.39 is 0 Å². The molecular formula is C23H26N6O3. The lowest BCUT2D eigenvalue weighted by molar-refractivity contribution is -0.129. The second kappa shape index (κ2) is 8.78. The van der Waals surface area contributed by atoms with Crippen LogP contribution in [0.1, 0.15) is 39.8 Å². The molecule has 0 bridgehead atoms. The smallest absolute Gasteiger partial charge is 0.264 e. The molecule has 0 saturated carbocycles. The summed E-state index contributed by atoms with van der Waals surface area (Å²) in [7, 11) is 3.46. The third-order valence-corrected chi connectivity index (χ3v) is 5.85. The van der Waals surface area contributed by atoms with Gasteiger partial charge in [0.2, 0.25) is 5.91 Å². The molecule has 166 valence electrons. The molecule has 0 unspecified atom stereocenters. The van der Waals surface area contributed by atoms with Gasteiger partial charge in [-0.05, 0) is 23.1 Å². The summed E-state index contributed by atoms with van der Waals surface area (Å²) < 4.78 is 3.31. The van der Waals surface area contributed by atoms with Gasteiger partial charge < -0.3 is 18.9 Å². The molecular weight excluding hydrogens is 408 g/mol. The second-order valence-corrected chi connectivity index (χ2v) is 8.14. The molecule has 3 heterocycles. The number of carbonyl (C=O) groups excluding carboxylic acids is 2. The van der Waals surface area contributed by atoms with E-state index in [1.54, 1.807) is 40.7 Å². The summed E-state index contributed by atoms with van der Waals surface area (Å²) in [6, 6.07) is 9.62. The summed E-state index contributed by atoms with van der Waals surface area (Å²) in [5.74, 6) is 0.245. The predicted molar refractivity (Wildman–Crippen MR) is 118 cm³/mol. The Morgan fingerprint density at radius 3 is 2.59 bits per heavy atom. The van der Waals surface area contributed by atoms with E-state index in [1.165, 1.54) is 11.8 Å². The largest absolute Gasteiger partial charge is 0.338 e. The molecule has 0 spiro atoms. The molecule has 2 amide bonds. The first-order valence-electron chi connectivity index (χ1n) is 10.5. The van der Waals surface area contributed by atoms with Gasteiger partial charge in [-0.25, -0.2) is 0 Å². The van der Waals surface area contributed by atoms with E-state index in [0.29, 0.717) is 31.9 Å². The van der Waals surface area contributed by atoms with E-state index in [0.717, 1.165) is 16.7 Å². The summed E-state index contributed by atoms with van der Waals surface area (Å²) >= 11 is 0. The third-order valence-electron chi connectivity index (χ3n) is 5.85. The molecule has 32 heavy (non-hydrogen) atoms. The first-order chi connectivity index (χ1) is 15.3. The molecule has 1 aliphatic heterocycles. The van der Waals surface area contributed by atoms with Gasteiger partial charge in [0.1, 0.15) is 11.9 Å². The van der Waals surface area contributed by atoms with Gasteiger partial charge in [0.25, 0.3) is 11.5 Å². The second-order valence-electron chi connectivity index (χ2n) is 8.14. The van der Waals surface area contributed by atoms with Crippen molar-refractivity contribution in [3.63, 3.8) is 0 Å². The van der Waals surface area contributed by atoms with Gasteiger partial charge in [0, 0.05) is 40.3 Å². The maximum atomic E-state index is 13.5. The Labute approximate surface area is 185 Å². The minimum atomic E-state index is -0.354. The van der Waals surface area contributed by atoms with E-state index in [1.807, 2.05) is 30.3 Å². The fourth-order valence-corrected chi connectivity index (χ4v) is 4.02. The van der Waals surface area contributed by atoms with Crippen molar-refractivity contribution >= 4 is 11.8 Å². The summed E-state index contributed by atoms with van der Waals surface area (Å²) in [4.78, 5) is 42.1. The van der Waals surface area contributed by atoms with Gasteiger partial charge in [0.15, 0.2) is 5.82 Å². The Bertz CT molecular complexity index is 1210. The molecule has 9 nitrogen and oxygen atoms in total. The third kappa shape index (κ3) is 4.18. The van der Waals surface area contributed by atoms with Gasteiger partial charge in [-0.2, -0.15) is 0 Å². The first-order valence-corrected chi connectivity index (χ1v) is 10.5. The SMILES string of the molecule is CC(=O)N1CCc2c(cn(Cc3ccccc3)c(=O)c2C(=O)N(C)Cc2nncn2C)C1. The molecule has 0 radical (unpaired) electrons. The van der Waals surface area contributed by atoms with Crippen molar-refractivity contribution in [1.29, 1.82) is 0 Å². The number of fused-ring (bicyclic) bond motifs is 1. The van der Waals surface area contributed by atoms with Crippen molar-refractivity contribution < 1.29 is 9.59 Å². The van der Waals surface area contributed by atoms with Crippen LogP contribution in [0.5, 0.6) is 0 Å². The Kier molecular flexibility index (Phi) is 5.89. The molecule has 0 saturated heterocycles. The Morgan fingerprint density at radius 2 is 1.94 bits per heavy atom. The lowest BCUT2D eigenvalue weighted by atomic mass is 9.95. The minimum absolute atomic E-state index is 0.0243. The number of benzene rings is 1. The highest BCUT2D eigenvalue weighted by Crippen LogP contribution is 2.22. The molecule has 1 aliphatic rings. The van der Waals surface area contributed by atoms with Crippen molar-refractivity contribution in [2.45, 2.75) is 33.0 Å². The molecule has 0 fully saturated rings. The van der Waals surface area contributed by atoms with Crippen molar-refractivity contribution in [2.24, 2.45) is 7.05 Å². The highest BCUT2D eigenvalue weighted by Gasteiger charge is 2.29. The van der Waals surface area contributed by atoms with Crippen LogP contribution < -0.4 is 5.56 Å². The van der Waals surface area contributed by atoms with Gasteiger partial charge in [-0.15, -0.1) is 10.2 Å². The summed E-state index contributed by atoms with van der Waals surface area (Å²) in [5.41, 5.74) is 2.37. The van der Waals surface area contributed by atoms with E-state index in [4.69, 9.17) is 0 Å². The number of pyridine rings is 1. The van der Waals surface area contributed by atoms with Crippen LogP contribution in [-0.2, 0) is 37.9 Å². The molecule has 0 aliphatic carbocycles. The average Bonchev–Trinajstić information content (AvgIpc) is 3.18. The zero-order valence-electron chi connectivity index (χ0n) is 18.5. The van der Waals surface area contributed by atoms with Crippen LogP contribution in [0.2, 0.25) is 0 Å². The zero-order chi connectivity index (χ0) is 22.8. The first kappa shape index (κ1) is 21.5. The monoisotopic (exact) mass is 434 g/mol. The Morgan fingerprint density at radius 1 is 1.19 bits per heavy atom. The van der Waals surface area contributed by atoms with Crippen LogP contribution in [0.4, 0.5) is 0 Å². The lowest BCUT2D eigenvalue weighted by Gasteiger charge is -2.30. The van der Waals surface area contributed by atoms with Gasteiger partial charge >= 0.3 is 0 Å². The standard InChI is InChI=1S/C23H26N6O3/c1-16(30)28-10-9-19-18(12-28)13-29(11-17-7-5-4-6-8-17)23(32)21(19)22(31)26(2)14-20-25-24-15-27(20)3/h4-8,13,15H,9-12,14H2,1-3H3. The Balaban J connectivity index is 1.75. The number of amides is 2. The normalized spacial score (nSPS) is 13.0. The Hall–Kier alpha value is -3.75. The zero-order valence-corrected chi connectivity index (χ0v) is 18.5. The van der Waals surface area contributed by atoms with Crippen LogP contribution in [0, 0.1) is 0 Å². The quantitative estimate of drug-likeness (QED) is 0.602. The van der Waals surface area contributed by atoms with Crippen molar-refractivity contribution in [2.75, 3.05) is 13.6 Å². The maximum Gasteiger partial charge on any atom is 0.264 e. The molecule has 0 atom stereocenters.